The summed E-state index contributed by atoms with van der Waals surface area (Å²) in [5, 5.41) is 23.2. The number of amides is 1. The van der Waals surface area contributed by atoms with E-state index in [1.165, 1.54) is 18.0 Å². The van der Waals surface area contributed by atoms with Crippen molar-refractivity contribution in [2.75, 3.05) is 37.9 Å². The Morgan fingerprint density at radius 3 is 2.77 bits per heavy atom. The summed E-state index contributed by atoms with van der Waals surface area (Å²) in [4.78, 5) is 14.7. The molecule has 4 atom stereocenters. The summed E-state index contributed by atoms with van der Waals surface area (Å²) in [6.45, 7) is 1.78. The lowest BCUT2D eigenvalue weighted by molar-refractivity contribution is -0.0327. The second-order valence-electron chi connectivity index (χ2n) is 10.9. The molecule has 0 radical (unpaired) electrons. The molecular formula is C30H35F3N6O3S. The fraction of sp³-hybridized carbons (Fsp3) is 0.467. The highest BCUT2D eigenvalue weighted by Crippen LogP contribution is 2.41. The average Bonchev–Trinajstić information content (AvgIpc) is 3.42. The summed E-state index contributed by atoms with van der Waals surface area (Å²) in [5.41, 5.74) is -3.23. The number of nitrogens with zero attached hydrogens (tertiary/aromatic N) is 3. The van der Waals surface area contributed by atoms with Crippen LogP contribution in [0.5, 0.6) is 5.75 Å². The molecule has 0 aliphatic carbocycles. The number of aliphatic hydroxyl groups excluding tert-OH is 1. The van der Waals surface area contributed by atoms with Crippen LogP contribution >= 0.6 is 11.8 Å². The third-order valence-corrected chi connectivity index (χ3v) is 8.77. The molecule has 2 aromatic heterocycles. The lowest BCUT2D eigenvalue weighted by atomic mass is 9.98. The molecule has 2 aliphatic heterocycles. The van der Waals surface area contributed by atoms with Crippen molar-refractivity contribution in [1.82, 2.24) is 19.8 Å². The zero-order valence-corrected chi connectivity index (χ0v) is 25.0. The Kier molecular flexibility index (Phi) is 9.29. The van der Waals surface area contributed by atoms with Gasteiger partial charge in [0.2, 0.25) is 0 Å². The van der Waals surface area contributed by atoms with Crippen molar-refractivity contribution in [3.63, 3.8) is 0 Å². The predicted octanol–water partition coefficient (Wildman–Crippen LogP) is 4.57. The number of carbonyl (C=O) groups excluding carboxylic acids is 1. The van der Waals surface area contributed by atoms with Gasteiger partial charge < -0.3 is 25.8 Å². The number of pyridine rings is 1. The molecule has 230 valence electrons. The third kappa shape index (κ3) is 7.14. The fourth-order valence-electron chi connectivity index (χ4n) is 5.84. The van der Waals surface area contributed by atoms with Gasteiger partial charge in [0.15, 0.2) is 0 Å². The first-order chi connectivity index (χ1) is 20.5. The van der Waals surface area contributed by atoms with Crippen LogP contribution in [0, 0.1) is 11.8 Å². The maximum atomic E-state index is 13.6. The number of hydrogen-bond acceptors (Lipinski definition) is 8. The number of anilines is 2. The van der Waals surface area contributed by atoms with E-state index in [2.05, 4.69) is 44.8 Å². The number of halogens is 3. The molecule has 9 nitrogen and oxygen atoms in total. The van der Waals surface area contributed by atoms with Crippen LogP contribution in [0.25, 0.3) is 5.52 Å². The Labute approximate surface area is 252 Å². The van der Waals surface area contributed by atoms with Crippen molar-refractivity contribution < 1.29 is 27.8 Å². The molecule has 0 unspecified atom stereocenters. The van der Waals surface area contributed by atoms with Crippen LogP contribution in [-0.4, -0.2) is 82.5 Å². The van der Waals surface area contributed by atoms with Crippen molar-refractivity contribution in [3.05, 3.63) is 47.7 Å². The van der Waals surface area contributed by atoms with Gasteiger partial charge in [-0.25, -0.2) is 4.52 Å². The summed E-state index contributed by atoms with van der Waals surface area (Å²) in [7, 11) is 3.60. The molecule has 2 saturated heterocycles. The van der Waals surface area contributed by atoms with Gasteiger partial charge in [0.25, 0.3) is 5.91 Å². The smallest absolute Gasteiger partial charge is 0.446 e. The number of ether oxygens (including phenoxy) is 1. The first-order valence-corrected chi connectivity index (χ1v) is 15.0. The van der Waals surface area contributed by atoms with Crippen LogP contribution in [0.2, 0.25) is 0 Å². The van der Waals surface area contributed by atoms with Gasteiger partial charge in [0.1, 0.15) is 17.3 Å². The van der Waals surface area contributed by atoms with Gasteiger partial charge in [-0.05, 0) is 87.7 Å². The van der Waals surface area contributed by atoms with Gasteiger partial charge >= 0.3 is 5.51 Å². The molecule has 1 aromatic carbocycles. The van der Waals surface area contributed by atoms with Crippen LogP contribution in [0.15, 0.2) is 41.3 Å². The molecule has 3 aromatic rings. The number of alkyl halides is 3. The van der Waals surface area contributed by atoms with Crippen LogP contribution in [-0.2, 0) is 0 Å². The van der Waals surface area contributed by atoms with Crippen LogP contribution in [0.3, 0.4) is 0 Å². The number of thioether (sulfide) groups is 1. The maximum Gasteiger partial charge on any atom is 0.446 e. The molecule has 13 heteroatoms. The Balaban J connectivity index is 1.35. The largest absolute Gasteiger partial charge is 0.495 e. The van der Waals surface area contributed by atoms with E-state index < -0.39 is 11.6 Å². The molecular weight excluding hydrogens is 581 g/mol. The molecule has 4 heterocycles. The summed E-state index contributed by atoms with van der Waals surface area (Å²) in [6, 6.07) is 11.2. The second kappa shape index (κ2) is 13.0. The number of carbonyl (C=O) groups is 1. The number of likely N-dealkylation sites (N-methyl/N-ethyl adjacent to an activating group) is 1. The predicted molar refractivity (Wildman–Crippen MR) is 161 cm³/mol. The number of piperidine rings is 1. The van der Waals surface area contributed by atoms with Crippen LogP contribution in [0.4, 0.5) is 24.7 Å². The summed E-state index contributed by atoms with van der Waals surface area (Å²) in [6.07, 6.45) is 3.67. The first-order valence-electron chi connectivity index (χ1n) is 14.2. The van der Waals surface area contributed by atoms with Gasteiger partial charge in [-0.15, -0.1) is 0 Å². The highest BCUT2D eigenvalue weighted by atomic mass is 32.2. The van der Waals surface area contributed by atoms with Crippen molar-refractivity contribution in [1.29, 1.82) is 0 Å². The summed E-state index contributed by atoms with van der Waals surface area (Å²) >= 11 is -0.215. The molecule has 2 aliphatic rings. The van der Waals surface area contributed by atoms with Crippen LogP contribution < -0.4 is 20.7 Å². The number of nitrogens with one attached hydrogen (secondary N) is 3. The molecule has 2 bridgehead atoms. The zero-order chi connectivity index (χ0) is 30.7. The molecule has 0 spiro atoms. The van der Waals surface area contributed by atoms with E-state index in [0.717, 1.165) is 19.3 Å². The number of fused-ring (bicyclic) bond motifs is 3. The number of aliphatic hydroxyl groups is 1. The van der Waals surface area contributed by atoms with Crippen molar-refractivity contribution in [2.45, 2.75) is 67.2 Å². The number of rotatable bonds is 9. The summed E-state index contributed by atoms with van der Waals surface area (Å²) < 4.78 is 47.7. The minimum Gasteiger partial charge on any atom is -0.495 e. The molecule has 43 heavy (non-hydrogen) atoms. The number of aromatic nitrogens is 2. The van der Waals surface area contributed by atoms with Gasteiger partial charge in [-0.3, -0.25) is 9.69 Å². The standard InChI is InChI=1S/C30H35F3N6O3S/c1-18(40)17-35-29(41)19-9-12-22(26(16-19)42-3)34-15-5-6-23-28(43-30(31,32)33)25-7-4-8-27(39(25)37-23)36-21-13-10-20-11-14-24(21)38(20)2/h4,7-9,12,16,18,20-21,24,34,36,40H,10-11,13-15,17H2,1-3H3,(H,35,41)/t18-,20-,21-,24-/m1/s1. The Bertz CT molecular complexity index is 1530. The number of hydrogen-bond donors (Lipinski definition) is 4. The van der Waals surface area contributed by atoms with E-state index in [9.17, 15) is 23.1 Å². The highest BCUT2D eigenvalue weighted by Gasteiger charge is 2.40. The zero-order valence-electron chi connectivity index (χ0n) is 24.2. The van der Waals surface area contributed by atoms with Crippen molar-refractivity contribution >= 4 is 34.7 Å². The van der Waals surface area contributed by atoms with E-state index in [1.807, 2.05) is 6.07 Å². The van der Waals surface area contributed by atoms with E-state index >= 15 is 0 Å². The average molecular weight is 617 g/mol. The lowest BCUT2D eigenvalue weighted by Gasteiger charge is -2.38. The Hall–Kier alpha value is -3.60. The first kappa shape index (κ1) is 30.8. The van der Waals surface area contributed by atoms with Gasteiger partial charge in [-0.1, -0.05) is 12.0 Å². The van der Waals surface area contributed by atoms with E-state index in [1.54, 1.807) is 37.3 Å². The van der Waals surface area contributed by atoms with E-state index in [-0.39, 0.29) is 47.4 Å². The monoisotopic (exact) mass is 616 g/mol. The summed E-state index contributed by atoms with van der Waals surface area (Å²) in [5.74, 6) is 6.38. The quantitative estimate of drug-likeness (QED) is 0.205. The van der Waals surface area contributed by atoms with E-state index in [0.29, 0.717) is 40.4 Å². The molecule has 1 amide bonds. The number of benzene rings is 1. The Morgan fingerprint density at radius 2 is 2.02 bits per heavy atom. The lowest BCUT2D eigenvalue weighted by Crippen LogP contribution is -2.48. The van der Waals surface area contributed by atoms with Gasteiger partial charge in [0, 0.05) is 30.2 Å². The van der Waals surface area contributed by atoms with Crippen molar-refractivity contribution in [2.24, 2.45) is 0 Å². The minimum absolute atomic E-state index is 0.0390. The van der Waals surface area contributed by atoms with Gasteiger partial charge in [-0.2, -0.15) is 18.3 Å². The van der Waals surface area contributed by atoms with E-state index in [4.69, 9.17) is 4.74 Å². The normalized spacial score (nSPS) is 20.8. The molecule has 2 fully saturated rings. The number of methoxy groups -OCH3 is 1. The maximum absolute atomic E-state index is 13.6. The topological polar surface area (TPSA) is 103 Å². The fourth-order valence-corrected chi connectivity index (χ4v) is 6.52. The minimum atomic E-state index is -4.51. The second-order valence-corrected chi connectivity index (χ2v) is 11.9. The SMILES string of the molecule is COc1cc(C(=O)NC[C@@H](C)O)ccc1NCC#Cc1nn2c(N[C@@H]3CC[C@@H]4CC[C@H]3N4C)cccc2c1SC(F)(F)F. The third-order valence-electron chi connectivity index (χ3n) is 7.93. The Morgan fingerprint density at radius 1 is 1.23 bits per heavy atom. The van der Waals surface area contributed by atoms with Crippen molar-refractivity contribution in [3.8, 4) is 17.6 Å². The highest BCUT2D eigenvalue weighted by molar-refractivity contribution is 8.00. The molecule has 4 N–H and O–H groups in total. The van der Waals surface area contributed by atoms with Gasteiger partial charge in [0.05, 0.1) is 35.9 Å². The molecule has 0 saturated carbocycles. The molecule has 5 rings (SSSR count). The van der Waals surface area contributed by atoms with Crippen LogP contribution in [0.1, 0.15) is 48.7 Å².